The normalized spacial score (nSPS) is 11.3. The second-order valence-electron chi connectivity index (χ2n) is 5.68. The number of carbonyl (C=O) groups is 2. The highest BCUT2D eigenvalue weighted by Crippen LogP contribution is 2.16. The van der Waals surface area contributed by atoms with Crippen molar-refractivity contribution in [2.24, 2.45) is 0 Å². The molecule has 0 aliphatic heterocycles. The van der Waals surface area contributed by atoms with E-state index in [1.807, 2.05) is 0 Å². The van der Waals surface area contributed by atoms with E-state index in [-0.39, 0.29) is 29.4 Å². The maximum absolute atomic E-state index is 12.1. The van der Waals surface area contributed by atoms with Gasteiger partial charge >= 0.3 is 5.97 Å². The summed E-state index contributed by atoms with van der Waals surface area (Å²) < 4.78 is 27.8. The summed E-state index contributed by atoms with van der Waals surface area (Å²) in [6.07, 6.45) is 1.54. The van der Waals surface area contributed by atoms with Crippen LogP contribution in [0.25, 0.3) is 0 Å². The smallest absolute Gasteiger partial charge is 0.339 e. The van der Waals surface area contributed by atoms with Crippen molar-refractivity contribution in [2.75, 3.05) is 6.26 Å². The van der Waals surface area contributed by atoms with Crippen molar-refractivity contribution in [3.05, 3.63) is 58.5 Å². The standard InChI is InChI=1S/C17H19NO6S/c1-3-14-13(17(20)21)8-15(24-14)16(19)18-9-11-4-6-12(7-5-11)10-25(2,22)23/h4-8H,3,9-10H2,1-2H3,(H,18,19)(H,20,21). The van der Waals surface area contributed by atoms with Crippen LogP contribution in [0.15, 0.2) is 34.7 Å². The van der Waals surface area contributed by atoms with Gasteiger partial charge in [-0.2, -0.15) is 0 Å². The lowest BCUT2D eigenvalue weighted by molar-refractivity contribution is 0.0694. The summed E-state index contributed by atoms with van der Waals surface area (Å²) in [7, 11) is -3.09. The van der Waals surface area contributed by atoms with Crippen LogP contribution in [0.4, 0.5) is 0 Å². The van der Waals surface area contributed by atoms with E-state index in [1.54, 1.807) is 31.2 Å². The van der Waals surface area contributed by atoms with Crippen LogP contribution in [-0.4, -0.2) is 31.7 Å². The second-order valence-corrected chi connectivity index (χ2v) is 7.82. The zero-order chi connectivity index (χ0) is 18.6. The number of sulfone groups is 1. The Bertz CT molecular complexity index is 880. The lowest BCUT2D eigenvalue weighted by Crippen LogP contribution is -2.22. The van der Waals surface area contributed by atoms with Crippen LogP contribution in [0, 0.1) is 0 Å². The number of aryl methyl sites for hydroxylation is 1. The molecule has 0 saturated carbocycles. The van der Waals surface area contributed by atoms with Gasteiger partial charge in [-0.05, 0) is 11.1 Å². The Labute approximate surface area is 145 Å². The molecule has 1 aromatic carbocycles. The average Bonchev–Trinajstić information content (AvgIpc) is 2.97. The Hall–Kier alpha value is -2.61. The highest BCUT2D eigenvalue weighted by atomic mass is 32.2. The molecule has 2 N–H and O–H groups in total. The van der Waals surface area contributed by atoms with E-state index in [0.29, 0.717) is 12.0 Å². The minimum Gasteiger partial charge on any atom is -0.478 e. The molecule has 0 spiro atoms. The first-order chi connectivity index (χ1) is 11.7. The third-order valence-electron chi connectivity index (χ3n) is 3.49. The van der Waals surface area contributed by atoms with Gasteiger partial charge in [0.05, 0.1) is 5.75 Å². The van der Waals surface area contributed by atoms with Crippen LogP contribution in [0.3, 0.4) is 0 Å². The van der Waals surface area contributed by atoms with Crippen LogP contribution in [0.5, 0.6) is 0 Å². The van der Waals surface area contributed by atoms with Crippen molar-refractivity contribution in [1.29, 1.82) is 0 Å². The number of carbonyl (C=O) groups excluding carboxylic acids is 1. The maximum atomic E-state index is 12.1. The lowest BCUT2D eigenvalue weighted by Gasteiger charge is -2.05. The number of carboxylic acid groups (broad SMARTS) is 1. The van der Waals surface area contributed by atoms with Gasteiger partial charge in [0.15, 0.2) is 15.6 Å². The molecule has 0 unspecified atom stereocenters. The Morgan fingerprint density at radius 1 is 1.16 bits per heavy atom. The number of aromatic carboxylic acids is 1. The zero-order valence-electron chi connectivity index (χ0n) is 13.9. The lowest BCUT2D eigenvalue weighted by atomic mass is 10.1. The van der Waals surface area contributed by atoms with Gasteiger partial charge < -0.3 is 14.8 Å². The molecule has 2 rings (SSSR count). The van der Waals surface area contributed by atoms with Crippen LogP contribution < -0.4 is 5.32 Å². The highest BCUT2D eigenvalue weighted by Gasteiger charge is 2.19. The summed E-state index contributed by atoms with van der Waals surface area (Å²) in [5.41, 5.74) is 1.44. The van der Waals surface area contributed by atoms with E-state index in [1.165, 1.54) is 12.3 Å². The van der Waals surface area contributed by atoms with Gasteiger partial charge in [-0.15, -0.1) is 0 Å². The summed E-state index contributed by atoms with van der Waals surface area (Å²) in [4.78, 5) is 23.2. The fourth-order valence-electron chi connectivity index (χ4n) is 2.31. The summed E-state index contributed by atoms with van der Waals surface area (Å²) in [6, 6.07) is 8.04. The summed E-state index contributed by atoms with van der Waals surface area (Å²) in [5.74, 6) is -1.49. The molecule has 0 aliphatic rings. The fraction of sp³-hybridized carbons (Fsp3) is 0.294. The third kappa shape index (κ3) is 5.18. The Morgan fingerprint density at radius 2 is 1.76 bits per heavy atom. The number of hydrogen-bond donors (Lipinski definition) is 2. The maximum Gasteiger partial charge on any atom is 0.339 e. The topological polar surface area (TPSA) is 114 Å². The van der Waals surface area contributed by atoms with Gasteiger partial charge in [-0.3, -0.25) is 4.79 Å². The highest BCUT2D eigenvalue weighted by molar-refractivity contribution is 7.89. The molecule has 134 valence electrons. The first kappa shape index (κ1) is 18.7. The molecule has 1 heterocycles. The molecule has 0 bridgehead atoms. The van der Waals surface area contributed by atoms with Gasteiger partial charge in [0.1, 0.15) is 11.3 Å². The van der Waals surface area contributed by atoms with E-state index < -0.39 is 21.7 Å². The molecule has 0 aliphatic carbocycles. The SMILES string of the molecule is CCc1oc(C(=O)NCc2ccc(CS(C)(=O)=O)cc2)cc1C(=O)O. The second kappa shape index (κ2) is 7.52. The van der Waals surface area contributed by atoms with E-state index in [2.05, 4.69) is 5.32 Å². The van der Waals surface area contributed by atoms with Crippen molar-refractivity contribution < 1.29 is 27.5 Å². The molecular formula is C17H19NO6S. The van der Waals surface area contributed by atoms with Gasteiger partial charge in [-0.25, -0.2) is 13.2 Å². The van der Waals surface area contributed by atoms with Crippen LogP contribution in [-0.2, 0) is 28.6 Å². The summed E-state index contributed by atoms with van der Waals surface area (Å²) in [6.45, 7) is 1.95. The zero-order valence-corrected chi connectivity index (χ0v) is 14.7. The van der Waals surface area contributed by atoms with Crippen LogP contribution in [0.2, 0.25) is 0 Å². The number of benzene rings is 1. The predicted molar refractivity (Wildman–Crippen MR) is 91.2 cm³/mol. The quantitative estimate of drug-likeness (QED) is 0.776. The summed E-state index contributed by atoms with van der Waals surface area (Å²) >= 11 is 0. The average molecular weight is 365 g/mol. The number of furan rings is 1. The van der Waals surface area contributed by atoms with Crippen molar-refractivity contribution >= 4 is 21.7 Å². The Balaban J connectivity index is 2.01. The molecule has 8 heteroatoms. The van der Waals surface area contributed by atoms with Crippen molar-refractivity contribution in [3.8, 4) is 0 Å². The third-order valence-corrected chi connectivity index (χ3v) is 4.35. The molecule has 2 aromatic rings. The van der Waals surface area contributed by atoms with E-state index in [4.69, 9.17) is 9.52 Å². The van der Waals surface area contributed by atoms with Gasteiger partial charge in [0, 0.05) is 25.3 Å². The monoisotopic (exact) mass is 365 g/mol. The van der Waals surface area contributed by atoms with E-state index >= 15 is 0 Å². The first-order valence-corrected chi connectivity index (χ1v) is 9.65. The minimum atomic E-state index is -3.09. The predicted octanol–water partition coefficient (Wildman–Crippen LogP) is 2.01. The Kier molecular flexibility index (Phi) is 5.63. The number of rotatable bonds is 7. The molecule has 1 aromatic heterocycles. The minimum absolute atomic E-state index is 0.0159. The van der Waals surface area contributed by atoms with Gasteiger partial charge in [0.25, 0.3) is 5.91 Å². The first-order valence-electron chi connectivity index (χ1n) is 7.59. The number of hydrogen-bond acceptors (Lipinski definition) is 5. The van der Waals surface area contributed by atoms with E-state index in [0.717, 1.165) is 5.56 Å². The van der Waals surface area contributed by atoms with Crippen molar-refractivity contribution in [3.63, 3.8) is 0 Å². The molecule has 1 amide bonds. The van der Waals surface area contributed by atoms with Crippen molar-refractivity contribution in [1.82, 2.24) is 5.32 Å². The number of nitrogens with one attached hydrogen (secondary N) is 1. The van der Waals surface area contributed by atoms with Gasteiger partial charge in [0.2, 0.25) is 0 Å². The molecular weight excluding hydrogens is 346 g/mol. The van der Waals surface area contributed by atoms with Gasteiger partial charge in [-0.1, -0.05) is 31.2 Å². The van der Waals surface area contributed by atoms with Crippen molar-refractivity contribution in [2.45, 2.75) is 25.6 Å². The molecule has 25 heavy (non-hydrogen) atoms. The molecule has 0 atom stereocenters. The summed E-state index contributed by atoms with van der Waals surface area (Å²) in [5, 5.41) is 11.7. The van der Waals surface area contributed by atoms with Crippen LogP contribution >= 0.6 is 0 Å². The van der Waals surface area contributed by atoms with Crippen LogP contribution in [0.1, 0.15) is 44.7 Å². The molecule has 0 fully saturated rings. The van der Waals surface area contributed by atoms with E-state index in [9.17, 15) is 18.0 Å². The fourth-order valence-corrected chi connectivity index (χ4v) is 3.11. The largest absolute Gasteiger partial charge is 0.478 e. The number of carboxylic acids is 1. The molecule has 0 saturated heterocycles. The number of amides is 1. The molecule has 0 radical (unpaired) electrons. The molecule has 7 nitrogen and oxygen atoms in total. The Morgan fingerprint density at radius 3 is 2.24 bits per heavy atom.